The monoisotopic (exact) mass is 145 g/mol. The van der Waals surface area contributed by atoms with E-state index in [0.29, 0.717) is 5.76 Å². The lowest BCUT2D eigenvalue weighted by Crippen LogP contribution is -2.26. The number of hydrogen-bond donors (Lipinski definition) is 2. The highest BCUT2D eigenvalue weighted by Crippen LogP contribution is 1.88. The second-order valence-corrected chi connectivity index (χ2v) is 1.74. The lowest BCUT2D eigenvalue weighted by Gasteiger charge is -2.02. The molecule has 0 rings (SSSR count). The Bertz CT molecular complexity index is 133. The van der Waals surface area contributed by atoms with Crippen molar-refractivity contribution in [1.29, 1.82) is 0 Å². The molecule has 0 aliphatic heterocycles. The molecule has 0 atom stereocenters. The molecule has 58 valence electrons. The Kier molecular flexibility index (Phi) is 4.32. The van der Waals surface area contributed by atoms with Crippen LogP contribution in [0, 0.1) is 0 Å². The fourth-order valence-corrected chi connectivity index (χ4v) is 0.352. The van der Waals surface area contributed by atoms with Crippen molar-refractivity contribution < 1.29 is 14.6 Å². The number of carbonyl (C=O) groups is 1. The maximum atomic E-state index is 10.5. The van der Waals surface area contributed by atoms with Crippen LogP contribution >= 0.6 is 0 Å². The van der Waals surface area contributed by atoms with Crippen LogP contribution in [0.1, 0.15) is 6.92 Å². The molecule has 2 N–H and O–H groups in total. The zero-order valence-electron chi connectivity index (χ0n) is 5.89. The van der Waals surface area contributed by atoms with Crippen molar-refractivity contribution in [3.05, 3.63) is 12.3 Å². The third kappa shape index (κ3) is 5.11. The number of ether oxygens (including phenoxy) is 1. The molecular weight excluding hydrogens is 134 g/mol. The van der Waals surface area contributed by atoms with Gasteiger partial charge in [-0.25, -0.2) is 4.79 Å². The van der Waals surface area contributed by atoms with Gasteiger partial charge in [0.2, 0.25) is 0 Å². The van der Waals surface area contributed by atoms with Crippen molar-refractivity contribution in [1.82, 2.24) is 5.32 Å². The van der Waals surface area contributed by atoms with Crippen molar-refractivity contribution in [3.8, 4) is 0 Å². The summed E-state index contributed by atoms with van der Waals surface area (Å²) >= 11 is 0. The first-order chi connectivity index (χ1) is 4.66. The minimum Gasteiger partial charge on any atom is -0.416 e. The van der Waals surface area contributed by atoms with Crippen molar-refractivity contribution in [2.45, 2.75) is 6.92 Å². The van der Waals surface area contributed by atoms with Crippen molar-refractivity contribution >= 4 is 6.09 Å². The van der Waals surface area contributed by atoms with E-state index in [1.54, 1.807) is 6.92 Å². The van der Waals surface area contributed by atoms with E-state index in [4.69, 9.17) is 5.11 Å². The number of aliphatic hydroxyl groups is 1. The minimum absolute atomic E-state index is 0.0920. The second-order valence-electron chi connectivity index (χ2n) is 1.74. The van der Waals surface area contributed by atoms with Gasteiger partial charge in [-0.3, -0.25) is 0 Å². The van der Waals surface area contributed by atoms with E-state index < -0.39 is 6.09 Å². The predicted octanol–water partition coefficient (Wildman–Crippen LogP) is 0.238. The summed E-state index contributed by atoms with van der Waals surface area (Å²) < 4.78 is 4.50. The second kappa shape index (κ2) is 4.81. The lowest BCUT2D eigenvalue weighted by molar-refractivity contribution is 0.173. The van der Waals surface area contributed by atoms with E-state index in [1.807, 2.05) is 0 Å². The molecule has 0 aromatic heterocycles. The first kappa shape index (κ1) is 8.97. The molecular formula is C6H11NO3. The fraction of sp³-hybridized carbons (Fsp3) is 0.500. The topological polar surface area (TPSA) is 58.6 Å². The number of nitrogens with one attached hydrogen (secondary N) is 1. The average molecular weight is 145 g/mol. The Morgan fingerprint density at radius 2 is 2.40 bits per heavy atom. The van der Waals surface area contributed by atoms with Crippen molar-refractivity contribution in [3.63, 3.8) is 0 Å². The molecule has 0 unspecified atom stereocenters. The fourth-order valence-electron chi connectivity index (χ4n) is 0.352. The first-order valence-electron chi connectivity index (χ1n) is 2.89. The molecule has 10 heavy (non-hydrogen) atoms. The van der Waals surface area contributed by atoms with Crippen LogP contribution in [0.5, 0.6) is 0 Å². The lowest BCUT2D eigenvalue weighted by atomic mass is 10.6. The van der Waals surface area contributed by atoms with Gasteiger partial charge in [-0.1, -0.05) is 6.58 Å². The molecule has 0 aromatic rings. The molecule has 0 aliphatic rings. The van der Waals surface area contributed by atoms with E-state index in [0.717, 1.165) is 0 Å². The Balaban J connectivity index is 3.35. The van der Waals surface area contributed by atoms with Crippen LogP contribution in [0.3, 0.4) is 0 Å². The van der Waals surface area contributed by atoms with Gasteiger partial charge in [-0.05, 0) is 6.92 Å². The number of carbonyl (C=O) groups excluding carboxylic acids is 1. The number of hydrogen-bond acceptors (Lipinski definition) is 3. The van der Waals surface area contributed by atoms with Gasteiger partial charge in [0.1, 0.15) is 0 Å². The van der Waals surface area contributed by atoms with Crippen LogP contribution in [0.15, 0.2) is 12.3 Å². The van der Waals surface area contributed by atoms with Gasteiger partial charge in [0.25, 0.3) is 0 Å². The molecule has 0 saturated carbocycles. The van der Waals surface area contributed by atoms with E-state index in [-0.39, 0.29) is 13.2 Å². The van der Waals surface area contributed by atoms with Crippen LogP contribution in [-0.2, 0) is 4.74 Å². The summed E-state index contributed by atoms with van der Waals surface area (Å²) in [5, 5.41) is 10.5. The molecule has 0 aliphatic carbocycles. The van der Waals surface area contributed by atoms with E-state index >= 15 is 0 Å². The third-order valence-electron chi connectivity index (χ3n) is 0.648. The minimum atomic E-state index is -0.582. The van der Waals surface area contributed by atoms with Gasteiger partial charge in [-0.2, -0.15) is 0 Å². The summed E-state index contributed by atoms with van der Waals surface area (Å²) in [4.78, 5) is 10.5. The summed E-state index contributed by atoms with van der Waals surface area (Å²) in [6, 6.07) is 0. The molecule has 4 nitrogen and oxygen atoms in total. The third-order valence-corrected chi connectivity index (χ3v) is 0.648. The Morgan fingerprint density at radius 3 is 2.80 bits per heavy atom. The standard InChI is InChI=1S/C6H11NO3/c1-5(2)10-6(9)7-3-4-8/h8H,1,3-4H2,2H3,(H,7,9). The largest absolute Gasteiger partial charge is 0.416 e. The predicted molar refractivity (Wildman–Crippen MR) is 36.4 cm³/mol. The molecule has 1 amide bonds. The number of rotatable bonds is 3. The zero-order valence-corrected chi connectivity index (χ0v) is 5.89. The summed E-state index contributed by atoms with van der Waals surface area (Å²) in [6.07, 6.45) is -0.582. The Morgan fingerprint density at radius 1 is 1.80 bits per heavy atom. The van der Waals surface area contributed by atoms with E-state index in [2.05, 4.69) is 16.6 Å². The van der Waals surface area contributed by atoms with Crippen LogP contribution < -0.4 is 5.32 Å². The number of allylic oxidation sites excluding steroid dienone is 1. The van der Waals surface area contributed by atoms with Gasteiger partial charge in [0.15, 0.2) is 0 Å². The summed E-state index contributed by atoms with van der Waals surface area (Å²) in [7, 11) is 0. The van der Waals surface area contributed by atoms with Crippen LogP contribution in [0.4, 0.5) is 4.79 Å². The normalized spacial score (nSPS) is 8.60. The van der Waals surface area contributed by atoms with E-state index in [9.17, 15) is 4.79 Å². The Labute approximate surface area is 59.5 Å². The number of alkyl carbamates (subject to hydrolysis) is 1. The number of amides is 1. The SMILES string of the molecule is C=C(C)OC(=O)NCCO. The van der Waals surface area contributed by atoms with Crippen LogP contribution in [-0.4, -0.2) is 24.4 Å². The highest BCUT2D eigenvalue weighted by molar-refractivity contribution is 5.68. The number of aliphatic hydroxyl groups excluding tert-OH is 1. The first-order valence-corrected chi connectivity index (χ1v) is 2.89. The van der Waals surface area contributed by atoms with Crippen LogP contribution in [0.25, 0.3) is 0 Å². The van der Waals surface area contributed by atoms with Crippen molar-refractivity contribution in [2.24, 2.45) is 0 Å². The van der Waals surface area contributed by atoms with Gasteiger partial charge in [-0.15, -0.1) is 0 Å². The molecule has 0 heterocycles. The summed E-state index contributed by atoms with van der Waals surface area (Å²) in [6.45, 7) is 5.03. The molecule has 0 bridgehead atoms. The Hall–Kier alpha value is -1.03. The smallest absolute Gasteiger partial charge is 0.412 e. The molecule has 4 heteroatoms. The van der Waals surface area contributed by atoms with Crippen LogP contribution in [0.2, 0.25) is 0 Å². The molecule has 0 saturated heterocycles. The maximum Gasteiger partial charge on any atom is 0.412 e. The maximum absolute atomic E-state index is 10.5. The van der Waals surface area contributed by atoms with Gasteiger partial charge in [0, 0.05) is 6.54 Å². The molecule has 0 fully saturated rings. The van der Waals surface area contributed by atoms with Gasteiger partial charge >= 0.3 is 6.09 Å². The summed E-state index contributed by atoms with van der Waals surface area (Å²) in [5.74, 6) is 0.329. The average Bonchev–Trinajstić information content (AvgIpc) is 1.82. The molecule has 0 aromatic carbocycles. The van der Waals surface area contributed by atoms with Crippen molar-refractivity contribution in [2.75, 3.05) is 13.2 Å². The molecule has 0 radical (unpaired) electrons. The molecule has 0 spiro atoms. The quantitative estimate of drug-likeness (QED) is 0.559. The highest BCUT2D eigenvalue weighted by Gasteiger charge is 1.98. The summed E-state index contributed by atoms with van der Waals surface area (Å²) in [5.41, 5.74) is 0. The van der Waals surface area contributed by atoms with E-state index in [1.165, 1.54) is 0 Å². The zero-order chi connectivity index (χ0) is 7.98. The van der Waals surface area contributed by atoms with Gasteiger partial charge < -0.3 is 15.2 Å². The highest BCUT2D eigenvalue weighted by atomic mass is 16.6. The van der Waals surface area contributed by atoms with Gasteiger partial charge in [0.05, 0.1) is 12.4 Å².